The maximum absolute atomic E-state index is 12.0. The van der Waals surface area contributed by atoms with E-state index >= 15 is 0 Å². The molecule has 1 aromatic rings. The van der Waals surface area contributed by atoms with E-state index in [1.807, 2.05) is 26.0 Å². The lowest BCUT2D eigenvalue weighted by molar-refractivity contribution is 0.437. The number of benzene rings is 1. The fourth-order valence-corrected chi connectivity index (χ4v) is 2.98. The molecule has 1 N–H and O–H groups in total. The summed E-state index contributed by atoms with van der Waals surface area (Å²) < 4.78 is 28.0. The normalized spacial score (nSPS) is 13.9. The maximum atomic E-state index is 12.0. The van der Waals surface area contributed by atoms with E-state index in [-0.39, 0.29) is 12.0 Å². The lowest BCUT2D eigenvalue weighted by Gasteiger charge is -2.25. The Morgan fingerprint density at radius 1 is 1.15 bits per heavy atom. The van der Waals surface area contributed by atoms with Gasteiger partial charge in [0, 0.05) is 14.1 Å². The van der Waals surface area contributed by atoms with E-state index in [2.05, 4.69) is 23.8 Å². The van der Waals surface area contributed by atoms with E-state index in [1.54, 1.807) is 0 Å². The number of hydrogen-bond donors (Lipinski definition) is 1. The summed E-state index contributed by atoms with van der Waals surface area (Å²) >= 11 is 0. The molecule has 0 amide bonds. The van der Waals surface area contributed by atoms with Gasteiger partial charge in [-0.2, -0.15) is 17.4 Å². The zero-order chi connectivity index (χ0) is 15.3. The molecule has 4 nitrogen and oxygen atoms in total. The highest BCUT2D eigenvalue weighted by Crippen LogP contribution is 2.23. The van der Waals surface area contributed by atoms with Gasteiger partial charge in [0.05, 0.1) is 6.04 Å². The molecular formula is C15H26N2O2S. The number of rotatable bonds is 7. The molecule has 0 radical (unpaired) electrons. The van der Waals surface area contributed by atoms with Crippen molar-refractivity contribution in [2.24, 2.45) is 5.92 Å². The van der Waals surface area contributed by atoms with Gasteiger partial charge in [0.2, 0.25) is 0 Å². The molecular weight excluding hydrogens is 272 g/mol. The molecule has 0 saturated carbocycles. The maximum Gasteiger partial charge on any atom is 0.279 e. The van der Waals surface area contributed by atoms with Crippen LogP contribution >= 0.6 is 0 Å². The van der Waals surface area contributed by atoms with Gasteiger partial charge in [-0.25, -0.2) is 0 Å². The Hall–Kier alpha value is -0.910. The van der Waals surface area contributed by atoms with E-state index < -0.39 is 10.2 Å². The van der Waals surface area contributed by atoms with Gasteiger partial charge in [0.15, 0.2) is 0 Å². The zero-order valence-electron chi connectivity index (χ0n) is 13.1. The molecule has 20 heavy (non-hydrogen) atoms. The molecule has 0 heterocycles. The quantitative estimate of drug-likeness (QED) is 0.841. The lowest BCUT2D eigenvalue weighted by Crippen LogP contribution is -2.39. The number of aryl methyl sites for hydroxylation is 1. The third kappa shape index (κ3) is 4.58. The Labute approximate surface area is 123 Å². The van der Waals surface area contributed by atoms with Crippen molar-refractivity contribution in [2.75, 3.05) is 14.1 Å². The van der Waals surface area contributed by atoms with Gasteiger partial charge < -0.3 is 0 Å². The molecule has 5 heteroatoms. The van der Waals surface area contributed by atoms with Gasteiger partial charge in [-0.05, 0) is 23.5 Å². The smallest absolute Gasteiger partial charge is 0.195 e. The summed E-state index contributed by atoms with van der Waals surface area (Å²) in [7, 11) is -0.364. The van der Waals surface area contributed by atoms with Gasteiger partial charge in [-0.1, -0.05) is 51.5 Å². The third-order valence-corrected chi connectivity index (χ3v) is 4.81. The first-order valence-electron chi connectivity index (χ1n) is 7.06. The Balaban J connectivity index is 2.97. The first-order chi connectivity index (χ1) is 9.27. The first-order valence-corrected chi connectivity index (χ1v) is 8.50. The Morgan fingerprint density at radius 3 is 2.10 bits per heavy atom. The minimum Gasteiger partial charge on any atom is -0.195 e. The van der Waals surface area contributed by atoms with E-state index in [1.165, 1.54) is 24.0 Å². The molecule has 1 aromatic carbocycles. The van der Waals surface area contributed by atoms with Gasteiger partial charge in [0.25, 0.3) is 10.2 Å². The highest BCUT2D eigenvalue weighted by atomic mass is 32.2. The second-order valence-corrected chi connectivity index (χ2v) is 7.53. The average Bonchev–Trinajstić information content (AvgIpc) is 2.37. The SMILES string of the molecule is CCCc1ccc(C(NS(=O)(=O)N(C)C)C(C)C)cc1. The molecule has 1 unspecified atom stereocenters. The van der Waals surface area contributed by atoms with E-state index in [0.29, 0.717) is 0 Å². The molecule has 1 rings (SSSR count). The van der Waals surface area contributed by atoms with Crippen LogP contribution in [0.1, 0.15) is 44.4 Å². The molecule has 0 spiro atoms. The Kier molecular flexibility index (Phi) is 6.17. The van der Waals surface area contributed by atoms with Crippen molar-refractivity contribution in [3.63, 3.8) is 0 Å². The van der Waals surface area contributed by atoms with Crippen LogP contribution in [0.25, 0.3) is 0 Å². The van der Waals surface area contributed by atoms with Crippen LogP contribution in [-0.2, 0) is 16.6 Å². The van der Waals surface area contributed by atoms with Crippen LogP contribution in [-0.4, -0.2) is 26.8 Å². The lowest BCUT2D eigenvalue weighted by atomic mass is 9.95. The molecule has 0 aromatic heterocycles. The summed E-state index contributed by atoms with van der Waals surface area (Å²) in [5.74, 6) is 0.182. The minimum atomic E-state index is -3.43. The van der Waals surface area contributed by atoms with Gasteiger partial charge in [0.1, 0.15) is 0 Å². The minimum absolute atomic E-state index is 0.182. The van der Waals surface area contributed by atoms with Crippen LogP contribution in [0.4, 0.5) is 0 Å². The highest BCUT2D eigenvalue weighted by molar-refractivity contribution is 7.87. The first kappa shape index (κ1) is 17.1. The standard InChI is InChI=1S/C15H26N2O2S/c1-6-7-13-8-10-14(11-9-13)15(12(2)3)16-20(18,19)17(4)5/h8-12,15-16H,6-7H2,1-5H3. The molecule has 0 aliphatic carbocycles. The van der Waals surface area contributed by atoms with Crippen LogP contribution in [0.15, 0.2) is 24.3 Å². The Bertz CT molecular complexity index is 507. The average molecular weight is 298 g/mol. The topological polar surface area (TPSA) is 49.4 Å². The van der Waals surface area contributed by atoms with Gasteiger partial charge in [-0.3, -0.25) is 0 Å². The molecule has 0 aliphatic heterocycles. The number of nitrogens with zero attached hydrogens (tertiary/aromatic N) is 1. The molecule has 0 saturated heterocycles. The zero-order valence-corrected chi connectivity index (χ0v) is 13.9. The van der Waals surface area contributed by atoms with Crippen molar-refractivity contribution in [3.8, 4) is 0 Å². The summed E-state index contributed by atoms with van der Waals surface area (Å²) in [4.78, 5) is 0. The Morgan fingerprint density at radius 2 is 1.70 bits per heavy atom. The summed E-state index contributed by atoms with van der Waals surface area (Å²) in [6.45, 7) is 6.18. The van der Waals surface area contributed by atoms with Crippen molar-refractivity contribution in [1.82, 2.24) is 9.03 Å². The van der Waals surface area contributed by atoms with E-state index in [4.69, 9.17) is 0 Å². The molecule has 0 fully saturated rings. The summed E-state index contributed by atoms with van der Waals surface area (Å²) in [6.07, 6.45) is 2.16. The van der Waals surface area contributed by atoms with Crippen LogP contribution in [0.5, 0.6) is 0 Å². The van der Waals surface area contributed by atoms with Crippen molar-refractivity contribution in [2.45, 2.75) is 39.7 Å². The number of hydrogen-bond acceptors (Lipinski definition) is 2. The molecule has 0 aliphatic rings. The van der Waals surface area contributed by atoms with Crippen molar-refractivity contribution in [3.05, 3.63) is 35.4 Å². The third-order valence-electron chi connectivity index (χ3n) is 3.30. The van der Waals surface area contributed by atoms with Crippen LogP contribution in [0.3, 0.4) is 0 Å². The molecule has 0 bridgehead atoms. The van der Waals surface area contributed by atoms with E-state index in [0.717, 1.165) is 18.4 Å². The monoisotopic (exact) mass is 298 g/mol. The molecule has 114 valence electrons. The fourth-order valence-electron chi connectivity index (χ4n) is 2.04. The molecule has 1 atom stereocenters. The summed E-state index contributed by atoms with van der Waals surface area (Å²) in [5, 5.41) is 0. The van der Waals surface area contributed by atoms with Gasteiger partial charge >= 0.3 is 0 Å². The van der Waals surface area contributed by atoms with Crippen molar-refractivity contribution < 1.29 is 8.42 Å². The van der Waals surface area contributed by atoms with Crippen LogP contribution < -0.4 is 4.72 Å². The van der Waals surface area contributed by atoms with Gasteiger partial charge in [-0.15, -0.1) is 0 Å². The predicted octanol–water partition coefficient (Wildman–Crippen LogP) is 2.73. The van der Waals surface area contributed by atoms with E-state index in [9.17, 15) is 8.42 Å². The highest BCUT2D eigenvalue weighted by Gasteiger charge is 2.23. The second kappa shape index (κ2) is 7.20. The summed E-state index contributed by atoms with van der Waals surface area (Å²) in [6, 6.07) is 8.00. The fraction of sp³-hybridized carbons (Fsp3) is 0.600. The van der Waals surface area contributed by atoms with Crippen molar-refractivity contribution >= 4 is 10.2 Å². The second-order valence-electron chi connectivity index (χ2n) is 5.62. The van der Waals surface area contributed by atoms with Crippen LogP contribution in [0.2, 0.25) is 0 Å². The van der Waals surface area contributed by atoms with Crippen molar-refractivity contribution in [1.29, 1.82) is 0 Å². The van der Waals surface area contributed by atoms with Crippen LogP contribution in [0, 0.1) is 5.92 Å². The largest absolute Gasteiger partial charge is 0.279 e. The summed E-state index contributed by atoms with van der Waals surface area (Å²) in [5.41, 5.74) is 2.29. The number of nitrogens with one attached hydrogen (secondary N) is 1. The predicted molar refractivity (Wildman–Crippen MR) is 83.8 cm³/mol.